The van der Waals surface area contributed by atoms with Crippen LogP contribution in [-0.4, -0.2) is 115 Å². The highest BCUT2D eigenvalue weighted by Gasteiger charge is 2.55. The van der Waals surface area contributed by atoms with Gasteiger partial charge in [0.25, 0.3) is 0 Å². The van der Waals surface area contributed by atoms with Gasteiger partial charge < -0.3 is 20.1 Å². The molecule has 0 spiro atoms. The molecule has 65 heavy (non-hydrogen) atoms. The Morgan fingerprint density at radius 3 is 1.17 bits per heavy atom. The summed E-state index contributed by atoms with van der Waals surface area (Å²) in [6.45, 7) is 30.9. The second-order valence-corrected chi connectivity index (χ2v) is 25.3. The third-order valence-electron chi connectivity index (χ3n) is 18.0. The van der Waals surface area contributed by atoms with E-state index in [0.717, 1.165) is 51.4 Å². The summed E-state index contributed by atoms with van der Waals surface area (Å²) in [6, 6.07) is 0. The lowest BCUT2D eigenvalue weighted by Crippen LogP contribution is -2.63. The van der Waals surface area contributed by atoms with E-state index in [0.29, 0.717) is 17.8 Å². The van der Waals surface area contributed by atoms with Crippen LogP contribution in [0.3, 0.4) is 0 Å². The van der Waals surface area contributed by atoms with Gasteiger partial charge in [-0.05, 0) is 185 Å². The SMILES string of the molecule is CCCCCCCCCCCCC(C1CC(C)(C)N(C)C(C)(C)C1)C(C1CC(C)(C)N(C)C(C)(C)C1)C(COC(=O)CC(C(=O)O)C(CC(=O)O)C(=O)O)C1CC(C)(C)N(C)C(C)(C)C1. The fourth-order valence-electron chi connectivity index (χ4n) is 13.8. The van der Waals surface area contributed by atoms with Crippen LogP contribution in [-0.2, 0) is 23.9 Å². The van der Waals surface area contributed by atoms with Crippen LogP contribution >= 0.6 is 0 Å². The Labute approximate surface area is 396 Å². The fraction of sp³-hybridized carbons (Fsp3) is 0.926. The molecule has 3 rings (SSSR count). The van der Waals surface area contributed by atoms with Crippen molar-refractivity contribution in [3.8, 4) is 0 Å². The number of unbranched alkanes of at least 4 members (excludes halogenated alkanes) is 9. The van der Waals surface area contributed by atoms with Gasteiger partial charge in [0.2, 0.25) is 0 Å². The van der Waals surface area contributed by atoms with Gasteiger partial charge in [0, 0.05) is 33.2 Å². The highest BCUT2D eigenvalue weighted by Crippen LogP contribution is 2.56. The first-order valence-corrected chi connectivity index (χ1v) is 25.9. The standard InChI is InChI=1S/C54H99N3O8/c1-17-18-19-20-21-22-23-24-25-26-27-40(37-30-49(2,3)55(14)50(4,5)31-37)46(39-34-53(10,11)57(16)54(12,13)35-39)43(38-32-51(6,7)56(15)52(8,9)33-38)36-65-45(60)29-42(48(63)64)41(47(61)62)28-44(58)59/h37-43,46H,17-36H2,1-16H3,(H,58,59)(H,61,62)(H,63,64). The molecule has 11 heteroatoms. The van der Waals surface area contributed by atoms with Gasteiger partial charge in [0.15, 0.2) is 0 Å². The molecule has 0 aromatic rings. The van der Waals surface area contributed by atoms with Gasteiger partial charge in [-0.25, -0.2) is 0 Å². The number of hydrogen-bond acceptors (Lipinski definition) is 8. The van der Waals surface area contributed by atoms with E-state index < -0.39 is 48.6 Å². The van der Waals surface area contributed by atoms with Gasteiger partial charge >= 0.3 is 23.9 Å². The molecule has 3 aliphatic heterocycles. The molecular formula is C54H99N3O8. The van der Waals surface area contributed by atoms with Crippen LogP contribution in [0.25, 0.3) is 0 Å². The van der Waals surface area contributed by atoms with Crippen LogP contribution in [0.2, 0.25) is 0 Å². The summed E-state index contributed by atoms with van der Waals surface area (Å²) >= 11 is 0. The summed E-state index contributed by atoms with van der Waals surface area (Å²) in [5.41, 5.74) is -0.521. The number of carbonyl (C=O) groups excluding carboxylic acids is 1. The predicted octanol–water partition coefficient (Wildman–Crippen LogP) is 11.7. The Bertz CT molecular complexity index is 1520. The molecular weight excluding hydrogens is 819 g/mol. The molecule has 5 unspecified atom stereocenters. The van der Waals surface area contributed by atoms with Gasteiger partial charge in [-0.2, -0.15) is 0 Å². The average Bonchev–Trinajstić information content (AvgIpc) is 3.16. The molecule has 3 N–H and O–H groups in total. The van der Waals surface area contributed by atoms with Crippen molar-refractivity contribution in [2.75, 3.05) is 27.7 Å². The van der Waals surface area contributed by atoms with E-state index in [1.807, 2.05) is 0 Å². The Hall–Kier alpha value is -2.24. The highest BCUT2D eigenvalue weighted by atomic mass is 16.5. The minimum atomic E-state index is -1.76. The molecule has 3 saturated heterocycles. The molecule has 3 fully saturated rings. The Morgan fingerprint density at radius 2 is 0.815 bits per heavy atom. The molecule has 0 saturated carbocycles. The summed E-state index contributed by atoms with van der Waals surface area (Å²) in [5.74, 6) is -7.30. The van der Waals surface area contributed by atoms with Crippen LogP contribution in [0, 0.1) is 47.3 Å². The molecule has 0 aromatic heterocycles. The van der Waals surface area contributed by atoms with Gasteiger partial charge in [0.1, 0.15) is 0 Å². The van der Waals surface area contributed by atoms with E-state index in [4.69, 9.17) is 4.74 Å². The predicted molar refractivity (Wildman–Crippen MR) is 263 cm³/mol. The molecule has 0 radical (unpaired) electrons. The van der Waals surface area contributed by atoms with Gasteiger partial charge in [-0.1, -0.05) is 71.1 Å². The minimum absolute atomic E-state index is 0.0275. The highest BCUT2D eigenvalue weighted by molar-refractivity contribution is 5.86. The quantitative estimate of drug-likeness (QED) is 0.0594. The second-order valence-electron chi connectivity index (χ2n) is 25.3. The Balaban J connectivity index is 2.23. The monoisotopic (exact) mass is 918 g/mol. The number of likely N-dealkylation sites (tertiary alicyclic amines) is 3. The van der Waals surface area contributed by atoms with Crippen molar-refractivity contribution in [1.82, 2.24) is 14.7 Å². The number of piperidine rings is 3. The summed E-state index contributed by atoms with van der Waals surface area (Å²) in [5, 5.41) is 29.6. The number of carboxylic acid groups (broad SMARTS) is 3. The van der Waals surface area contributed by atoms with E-state index in [2.05, 4.69) is 126 Å². The van der Waals surface area contributed by atoms with Crippen molar-refractivity contribution >= 4 is 23.9 Å². The van der Waals surface area contributed by atoms with Crippen molar-refractivity contribution < 1.29 is 39.2 Å². The second kappa shape index (κ2) is 22.9. The number of carboxylic acids is 3. The molecule has 11 nitrogen and oxygen atoms in total. The van der Waals surface area contributed by atoms with Crippen LogP contribution in [0.5, 0.6) is 0 Å². The zero-order valence-corrected chi connectivity index (χ0v) is 44.5. The summed E-state index contributed by atoms with van der Waals surface area (Å²) < 4.78 is 6.40. The topological polar surface area (TPSA) is 148 Å². The minimum Gasteiger partial charge on any atom is -0.481 e. The number of nitrogens with zero attached hydrogens (tertiary/aromatic N) is 3. The first-order valence-electron chi connectivity index (χ1n) is 25.9. The number of esters is 1. The molecule has 3 heterocycles. The first kappa shape index (κ1) is 57.1. The smallest absolute Gasteiger partial charge is 0.307 e. The summed E-state index contributed by atoms with van der Waals surface area (Å²) in [7, 11) is 6.78. The van der Waals surface area contributed by atoms with Gasteiger partial charge in [-0.15, -0.1) is 0 Å². The lowest BCUT2D eigenvalue weighted by atomic mass is 9.54. The van der Waals surface area contributed by atoms with Crippen molar-refractivity contribution in [3.63, 3.8) is 0 Å². The molecule has 0 aromatic carbocycles. The van der Waals surface area contributed by atoms with Crippen LogP contribution in [0.4, 0.5) is 0 Å². The number of rotatable bonds is 25. The van der Waals surface area contributed by atoms with Gasteiger partial charge in [0.05, 0.1) is 31.3 Å². The van der Waals surface area contributed by atoms with E-state index in [9.17, 15) is 34.5 Å². The van der Waals surface area contributed by atoms with E-state index >= 15 is 0 Å². The maximum Gasteiger partial charge on any atom is 0.307 e. The summed E-state index contributed by atoms with van der Waals surface area (Å²) in [6.07, 6.45) is 18.3. The number of ether oxygens (including phenoxy) is 1. The van der Waals surface area contributed by atoms with Crippen molar-refractivity contribution in [3.05, 3.63) is 0 Å². The molecule has 378 valence electrons. The molecule has 5 atom stereocenters. The Kier molecular flexibility index (Phi) is 20.1. The molecule has 0 amide bonds. The molecule has 0 bridgehead atoms. The average molecular weight is 918 g/mol. The lowest BCUT2D eigenvalue weighted by molar-refractivity contribution is -0.163. The maximum atomic E-state index is 14.1. The lowest BCUT2D eigenvalue weighted by Gasteiger charge is -2.61. The summed E-state index contributed by atoms with van der Waals surface area (Å²) in [4.78, 5) is 58.2. The first-order chi connectivity index (χ1) is 29.8. The fourth-order valence-corrected chi connectivity index (χ4v) is 13.8. The van der Waals surface area contributed by atoms with E-state index in [1.165, 1.54) is 57.8 Å². The van der Waals surface area contributed by atoms with Crippen LogP contribution in [0.15, 0.2) is 0 Å². The number of aliphatic carboxylic acids is 3. The Morgan fingerprint density at radius 1 is 0.492 bits per heavy atom. The van der Waals surface area contributed by atoms with Crippen molar-refractivity contribution in [1.29, 1.82) is 0 Å². The van der Waals surface area contributed by atoms with E-state index in [1.54, 1.807) is 0 Å². The number of carbonyl (C=O) groups is 4. The van der Waals surface area contributed by atoms with Crippen LogP contribution in [0.1, 0.15) is 212 Å². The van der Waals surface area contributed by atoms with Crippen LogP contribution < -0.4 is 0 Å². The number of hydrogen-bond donors (Lipinski definition) is 3. The van der Waals surface area contributed by atoms with E-state index in [-0.39, 0.29) is 57.6 Å². The molecule has 0 aliphatic carbocycles. The third-order valence-corrected chi connectivity index (χ3v) is 18.0. The zero-order chi connectivity index (χ0) is 49.5. The normalized spacial score (nSPS) is 25.0. The van der Waals surface area contributed by atoms with Crippen molar-refractivity contribution in [2.24, 2.45) is 47.3 Å². The third kappa shape index (κ3) is 15.1. The maximum absolute atomic E-state index is 14.1. The zero-order valence-electron chi connectivity index (χ0n) is 44.5. The van der Waals surface area contributed by atoms with Gasteiger partial charge in [-0.3, -0.25) is 33.9 Å². The van der Waals surface area contributed by atoms with Crippen molar-refractivity contribution in [2.45, 2.75) is 245 Å². The molecule has 3 aliphatic rings. The largest absolute Gasteiger partial charge is 0.481 e.